The molecule has 1 fully saturated rings. The lowest BCUT2D eigenvalue weighted by molar-refractivity contribution is -0.117. The summed E-state index contributed by atoms with van der Waals surface area (Å²) in [6.07, 6.45) is 8.41. The minimum atomic E-state index is -0.140. The van der Waals surface area contributed by atoms with Crippen molar-refractivity contribution in [2.45, 2.75) is 32.4 Å². The van der Waals surface area contributed by atoms with Gasteiger partial charge in [-0.25, -0.2) is 0 Å². The molecule has 1 aliphatic rings. The molecule has 2 aromatic rings. The molecule has 0 radical (unpaired) electrons. The zero-order valence-corrected chi connectivity index (χ0v) is 14.3. The van der Waals surface area contributed by atoms with Crippen molar-refractivity contribution < 1.29 is 9.59 Å². The van der Waals surface area contributed by atoms with Crippen LogP contribution in [0.15, 0.2) is 48.8 Å². The topological polar surface area (TPSA) is 67.2 Å². The fraction of sp³-hybridized carbons (Fsp3) is 0.316. The Kier molecular flexibility index (Phi) is 5.28. The van der Waals surface area contributed by atoms with E-state index in [-0.39, 0.29) is 17.9 Å². The van der Waals surface area contributed by atoms with Crippen LogP contribution in [0.1, 0.15) is 25.3 Å². The molecule has 0 aliphatic carbocycles. The quantitative estimate of drug-likeness (QED) is 0.821. The average Bonchev–Trinajstić information content (AvgIpc) is 3.25. The third-order valence-corrected chi connectivity index (χ3v) is 4.11. The maximum absolute atomic E-state index is 12.0. The SMILES string of the molecule is CC(Cn1cccn1)NC(=O)/C=C/c1ccc(N2CCCC2=O)cc1. The third-order valence-electron chi connectivity index (χ3n) is 4.11. The van der Waals surface area contributed by atoms with Crippen molar-refractivity contribution in [1.29, 1.82) is 0 Å². The summed E-state index contributed by atoms with van der Waals surface area (Å²) >= 11 is 0. The van der Waals surface area contributed by atoms with E-state index in [9.17, 15) is 9.59 Å². The maximum Gasteiger partial charge on any atom is 0.244 e. The zero-order valence-electron chi connectivity index (χ0n) is 14.3. The number of nitrogens with one attached hydrogen (secondary N) is 1. The van der Waals surface area contributed by atoms with Gasteiger partial charge in [-0.3, -0.25) is 14.3 Å². The first kappa shape index (κ1) is 17.0. The Labute approximate surface area is 147 Å². The third kappa shape index (κ3) is 4.56. The molecule has 1 aliphatic heterocycles. The summed E-state index contributed by atoms with van der Waals surface area (Å²) in [5.74, 6) is 0.0345. The van der Waals surface area contributed by atoms with Crippen molar-refractivity contribution in [3.05, 3.63) is 54.4 Å². The Balaban J connectivity index is 1.52. The first-order chi connectivity index (χ1) is 12.1. The molecule has 1 aromatic heterocycles. The Morgan fingerprint density at radius 2 is 2.16 bits per heavy atom. The monoisotopic (exact) mass is 338 g/mol. The van der Waals surface area contributed by atoms with E-state index < -0.39 is 0 Å². The Bertz CT molecular complexity index is 750. The molecular formula is C19H22N4O2. The van der Waals surface area contributed by atoms with Gasteiger partial charge < -0.3 is 10.2 Å². The fourth-order valence-corrected chi connectivity index (χ4v) is 2.88. The minimum absolute atomic E-state index is 0.0133. The van der Waals surface area contributed by atoms with Crippen molar-refractivity contribution in [2.24, 2.45) is 0 Å². The summed E-state index contributed by atoms with van der Waals surface area (Å²) in [6, 6.07) is 9.51. The van der Waals surface area contributed by atoms with Crippen molar-refractivity contribution in [2.75, 3.05) is 11.4 Å². The number of anilines is 1. The molecule has 2 heterocycles. The molecule has 0 saturated carbocycles. The van der Waals surface area contributed by atoms with E-state index in [4.69, 9.17) is 0 Å². The van der Waals surface area contributed by atoms with E-state index in [0.29, 0.717) is 13.0 Å². The van der Waals surface area contributed by atoms with Crippen molar-refractivity contribution in [3.8, 4) is 0 Å². The predicted molar refractivity (Wildman–Crippen MR) is 96.9 cm³/mol. The van der Waals surface area contributed by atoms with Gasteiger partial charge in [-0.1, -0.05) is 12.1 Å². The number of aromatic nitrogens is 2. The smallest absolute Gasteiger partial charge is 0.244 e. The Hall–Kier alpha value is -2.89. The first-order valence-electron chi connectivity index (χ1n) is 8.48. The molecule has 1 saturated heterocycles. The van der Waals surface area contributed by atoms with Gasteiger partial charge in [0.2, 0.25) is 11.8 Å². The fourth-order valence-electron chi connectivity index (χ4n) is 2.88. The summed E-state index contributed by atoms with van der Waals surface area (Å²) in [7, 11) is 0. The van der Waals surface area contributed by atoms with Gasteiger partial charge in [0, 0.05) is 43.2 Å². The largest absolute Gasteiger partial charge is 0.348 e. The summed E-state index contributed by atoms with van der Waals surface area (Å²) in [5.41, 5.74) is 1.84. The summed E-state index contributed by atoms with van der Waals surface area (Å²) in [4.78, 5) is 25.5. The number of hydrogen-bond acceptors (Lipinski definition) is 3. The lowest BCUT2D eigenvalue weighted by atomic mass is 10.2. The van der Waals surface area contributed by atoms with Crippen LogP contribution in [-0.4, -0.2) is 34.2 Å². The zero-order chi connectivity index (χ0) is 17.6. The highest BCUT2D eigenvalue weighted by Gasteiger charge is 2.21. The second-order valence-corrected chi connectivity index (χ2v) is 6.21. The molecule has 130 valence electrons. The average molecular weight is 338 g/mol. The van der Waals surface area contributed by atoms with Gasteiger partial charge in [-0.15, -0.1) is 0 Å². The van der Waals surface area contributed by atoms with Crippen LogP contribution in [-0.2, 0) is 16.1 Å². The molecule has 3 rings (SSSR count). The van der Waals surface area contributed by atoms with Crippen LogP contribution < -0.4 is 10.2 Å². The van der Waals surface area contributed by atoms with E-state index >= 15 is 0 Å². The summed E-state index contributed by atoms with van der Waals surface area (Å²) in [6.45, 7) is 3.35. The molecule has 0 bridgehead atoms. The molecule has 6 nitrogen and oxygen atoms in total. The van der Waals surface area contributed by atoms with E-state index in [0.717, 1.165) is 24.2 Å². The van der Waals surface area contributed by atoms with Crippen LogP contribution in [0.5, 0.6) is 0 Å². The molecule has 1 unspecified atom stereocenters. The lowest BCUT2D eigenvalue weighted by Crippen LogP contribution is -2.34. The number of carbonyl (C=O) groups is 2. The van der Waals surface area contributed by atoms with Gasteiger partial charge in [-0.05, 0) is 43.2 Å². The van der Waals surface area contributed by atoms with Gasteiger partial charge in [0.1, 0.15) is 0 Å². The van der Waals surface area contributed by atoms with Crippen molar-refractivity contribution in [1.82, 2.24) is 15.1 Å². The van der Waals surface area contributed by atoms with E-state index in [1.807, 2.05) is 43.5 Å². The van der Waals surface area contributed by atoms with Crippen LogP contribution in [0.3, 0.4) is 0 Å². The number of hydrogen-bond donors (Lipinski definition) is 1. The van der Waals surface area contributed by atoms with Crippen LogP contribution in [0.25, 0.3) is 6.08 Å². The number of carbonyl (C=O) groups excluding carboxylic acids is 2. The molecular weight excluding hydrogens is 316 g/mol. The molecule has 0 spiro atoms. The van der Waals surface area contributed by atoms with Gasteiger partial charge in [-0.2, -0.15) is 5.10 Å². The van der Waals surface area contributed by atoms with E-state index in [1.54, 1.807) is 21.9 Å². The van der Waals surface area contributed by atoms with Crippen LogP contribution in [0.4, 0.5) is 5.69 Å². The minimum Gasteiger partial charge on any atom is -0.348 e. The molecule has 6 heteroatoms. The first-order valence-corrected chi connectivity index (χ1v) is 8.48. The van der Waals surface area contributed by atoms with E-state index in [1.165, 1.54) is 6.08 Å². The van der Waals surface area contributed by atoms with Crippen LogP contribution >= 0.6 is 0 Å². The lowest BCUT2D eigenvalue weighted by Gasteiger charge is -2.15. The molecule has 1 N–H and O–H groups in total. The van der Waals surface area contributed by atoms with Gasteiger partial charge in [0.05, 0.1) is 6.54 Å². The molecule has 2 amide bonds. The number of amides is 2. The maximum atomic E-state index is 12.0. The van der Waals surface area contributed by atoms with Gasteiger partial charge in [0.25, 0.3) is 0 Å². The number of rotatable bonds is 6. The highest BCUT2D eigenvalue weighted by atomic mass is 16.2. The standard InChI is InChI=1S/C19H22N4O2/c1-15(14-22-12-3-11-20-22)21-18(24)10-7-16-5-8-17(9-6-16)23-13-2-4-19(23)25/h3,5-12,15H,2,4,13-14H2,1H3,(H,21,24)/b10-7+. The van der Waals surface area contributed by atoms with Crippen molar-refractivity contribution in [3.63, 3.8) is 0 Å². The van der Waals surface area contributed by atoms with Crippen LogP contribution in [0.2, 0.25) is 0 Å². The van der Waals surface area contributed by atoms with Gasteiger partial charge in [0.15, 0.2) is 0 Å². The summed E-state index contributed by atoms with van der Waals surface area (Å²) in [5, 5.41) is 7.03. The normalized spacial score (nSPS) is 15.7. The van der Waals surface area contributed by atoms with Crippen molar-refractivity contribution >= 4 is 23.6 Å². The molecule has 1 atom stereocenters. The van der Waals surface area contributed by atoms with E-state index in [2.05, 4.69) is 10.4 Å². The highest BCUT2D eigenvalue weighted by Crippen LogP contribution is 2.21. The Morgan fingerprint density at radius 3 is 2.80 bits per heavy atom. The second kappa shape index (κ2) is 7.79. The molecule has 1 aromatic carbocycles. The van der Waals surface area contributed by atoms with Crippen LogP contribution in [0, 0.1) is 0 Å². The predicted octanol–water partition coefficient (Wildman–Crippen LogP) is 2.23. The molecule has 25 heavy (non-hydrogen) atoms. The summed E-state index contributed by atoms with van der Waals surface area (Å²) < 4.78 is 1.78. The Morgan fingerprint density at radius 1 is 1.36 bits per heavy atom. The highest BCUT2D eigenvalue weighted by molar-refractivity contribution is 5.95. The van der Waals surface area contributed by atoms with Gasteiger partial charge >= 0.3 is 0 Å². The number of benzene rings is 1. The second-order valence-electron chi connectivity index (χ2n) is 6.21. The number of nitrogens with zero attached hydrogens (tertiary/aromatic N) is 3.